The van der Waals surface area contributed by atoms with Crippen molar-refractivity contribution in [1.82, 2.24) is 0 Å². The minimum Gasteiger partial charge on any atom is -0.462 e. The molecule has 0 aromatic heterocycles. The number of rotatable bonds is 40. The van der Waals surface area contributed by atoms with E-state index in [0.717, 1.165) is 50.9 Å². The molecule has 14 heteroatoms. The molecule has 6 atom stereocenters. The number of hydrogen-bond donors (Lipinski definition) is 6. The molecule has 0 saturated heterocycles. The van der Waals surface area contributed by atoms with Gasteiger partial charge in [-0.05, 0) is 31.6 Å². The molecular formula is C45H81O13P. The fourth-order valence-corrected chi connectivity index (χ4v) is 6.70. The van der Waals surface area contributed by atoms with Crippen molar-refractivity contribution in [1.29, 1.82) is 0 Å². The fourth-order valence-electron chi connectivity index (χ4n) is 5.91. The van der Waals surface area contributed by atoms with Crippen LogP contribution in [0.25, 0.3) is 0 Å². The predicted octanol–water partition coefficient (Wildman–Crippen LogP) is 8.49. The highest BCUT2D eigenvalue weighted by Gasteiger charge is 2.27. The van der Waals surface area contributed by atoms with E-state index in [1.165, 1.54) is 70.3 Å². The van der Waals surface area contributed by atoms with Gasteiger partial charge in [0.2, 0.25) is 0 Å². The van der Waals surface area contributed by atoms with Crippen molar-refractivity contribution in [3.05, 3.63) is 48.6 Å². The van der Waals surface area contributed by atoms with Crippen molar-refractivity contribution in [2.24, 2.45) is 5.92 Å². The Morgan fingerprint density at radius 2 is 1.10 bits per heavy atom. The van der Waals surface area contributed by atoms with Gasteiger partial charge in [0.05, 0.1) is 38.1 Å². The van der Waals surface area contributed by atoms with Crippen molar-refractivity contribution in [2.45, 2.75) is 193 Å². The first-order chi connectivity index (χ1) is 28.3. The molecule has 0 rings (SSSR count). The van der Waals surface area contributed by atoms with E-state index in [4.69, 9.17) is 19.1 Å². The van der Waals surface area contributed by atoms with Crippen LogP contribution in [0.2, 0.25) is 0 Å². The zero-order valence-electron chi connectivity index (χ0n) is 36.5. The molecule has 0 bridgehead atoms. The summed E-state index contributed by atoms with van der Waals surface area (Å²) >= 11 is 0. The van der Waals surface area contributed by atoms with Gasteiger partial charge in [-0.25, -0.2) is 4.57 Å². The van der Waals surface area contributed by atoms with E-state index in [9.17, 15) is 39.5 Å². The first-order valence-corrected chi connectivity index (χ1v) is 23.8. The molecule has 0 radical (unpaired) electrons. The predicted molar refractivity (Wildman–Crippen MR) is 232 cm³/mol. The zero-order chi connectivity index (χ0) is 44.0. The Labute approximate surface area is 355 Å². The Bertz CT molecular complexity index is 1190. The Morgan fingerprint density at radius 1 is 0.593 bits per heavy atom. The summed E-state index contributed by atoms with van der Waals surface area (Å²) in [5.74, 6) is -0.458. The number of allylic oxidation sites excluding steroid dienone is 6. The summed E-state index contributed by atoms with van der Waals surface area (Å²) in [6.07, 6.45) is 28.8. The van der Waals surface area contributed by atoms with Gasteiger partial charge in [0.15, 0.2) is 6.10 Å². The molecular weight excluding hydrogens is 779 g/mol. The lowest BCUT2D eigenvalue weighted by Gasteiger charge is -2.20. The summed E-state index contributed by atoms with van der Waals surface area (Å²) in [7, 11) is -4.70. The maximum atomic E-state index is 12.6. The number of hydrogen-bond acceptors (Lipinski definition) is 12. The third kappa shape index (κ3) is 38.5. The van der Waals surface area contributed by atoms with Gasteiger partial charge in [0.1, 0.15) is 12.7 Å². The number of unbranched alkanes of at least 4 members (excludes halogenated alkanes) is 14. The Kier molecular flexibility index (Phi) is 37.3. The van der Waals surface area contributed by atoms with Crippen molar-refractivity contribution in [3.63, 3.8) is 0 Å². The van der Waals surface area contributed by atoms with Gasteiger partial charge in [-0.1, -0.05) is 172 Å². The van der Waals surface area contributed by atoms with Crippen LogP contribution in [0.4, 0.5) is 0 Å². The van der Waals surface area contributed by atoms with E-state index in [-0.39, 0.29) is 25.7 Å². The smallest absolute Gasteiger partial charge is 0.462 e. The van der Waals surface area contributed by atoms with Crippen molar-refractivity contribution < 1.29 is 63.1 Å². The molecule has 0 amide bonds. The number of carbonyl (C=O) groups is 2. The lowest BCUT2D eigenvalue weighted by molar-refractivity contribution is -0.161. The highest BCUT2D eigenvalue weighted by atomic mass is 31.2. The molecule has 0 spiro atoms. The van der Waals surface area contributed by atoms with Crippen LogP contribution >= 0.6 is 7.82 Å². The molecule has 0 aliphatic heterocycles. The average Bonchev–Trinajstić information content (AvgIpc) is 3.20. The quantitative estimate of drug-likeness (QED) is 0.0148. The Morgan fingerprint density at radius 3 is 1.68 bits per heavy atom. The molecule has 0 aliphatic rings. The minimum absolute atomic E-state index is 0.0978. The van der Waals surface area contributed by atoms with Crippen molar-refractivity contribution in [3.8, 4) is 0 Å². The molecule has 0 saturated carbocycles. The van der Waals surface area contributed by atoms with Crippen LogP contribution in [0.1, 0.15) is 162 Å². The summed E-state index contributed by atoms with van der Waals surface area (Å²) in [6, 6.07) is 0. The summed E-state index contributed by atoms with van der Waals surface area (Å²) in [5.41, 5.74) is 0. The number of carbonyl (C=O) groups excluding carboxylic acids is 2. The minimum atomic E-state index is -4.70. The lowest BCUT2D eigenvalue weighted by atomic mass is 10.0. The van der Waals surface area contributed by atoms with Crippen LogP contribution in [0, 0.1) is 5.92 Å². The first kappa shape index (κ1) is 56.8. The van der Waals surface area contributed by atoms with Gasteiger partial charge in [-0.3, -0.25) is 18.6 Å². The van der Waals surface area contributed by atoms with Crippen LogP contribution in [-0.4, -0.2) is 99.3 Å². The fraction of sp³-hybridized carbons (Fsp3) is 0.778. The molecule has 0 fully saturated rings. The largest absolute Gasteiger partial charge is 0.472 e. The molecule has 0 aromatic rings. The SMILES string of the molecule is CCCCC[C@@H](O)/C=C/C=C\C=C\C=C\[C@@H](O)[C@H](O)CCCC(=O)OC[C@H](COP(=O)(O)OC[C@@H](O)CO)OC(=O)CCCCCCCCCCCCCCCC(C)C. The molecule has 0 aliphatic carbocycles. The molecule has 59 heavy (non-hydrogen) atoms. The third-order valence-electron chi connectivity index (χ3n) is 9.53. The van der Waals surface area contributed by atoms with Gasteiger partial charge in [0, 0.05) is 12.8 Å². The second-order valence-corrected chi connectivity index (χ2v) is 17.2. The van der Waals surface area contributed by atoms with Crippen LogP contribution < -0.4 is 0 Å². The van der Waals surface area contributed by atoms with E-state index in [2.05, 4.69) is 25.3 Å². The number of phosphoric ester groups is 1. The normalized spacial score (nSPS) is 16.0. The van der Waals surface area contributed by atoms with Gasteiger partial charge in [0.25, 0.3) is 0 Å². The molecule has 0 aromatic carbocycles. The van der Waals surface area contributed by atoms with Crippen LogP contribution in [0.15, 0.2) is 48.6 Å². The Balaban J connectivity index is 4.60. The van der Waals surface area contributed by atoms with E-state index < -0.39 is 76.7 Å². The Hall–Kier alpha value is -2.19. The maximum Gasteiger partial charge on any atom is 0.472 e. The summed E-state index contributed by atoms with van der Waals surface area (Å²) < 4.78 is 32.5. The summed E-state index contributed by atoms with van der Waals surface area (Å²) in [4.78, 5) is 35.1. The van der Waals surface area contributed by atoms with Crippen molar-refractivity contribution in [2.75, 3.05) is 26.4 Å². The van der Waals surface area contributed by atoms with E-state index in [0.29, 0.717) is 6.42 Å². The van der Waals surface area contributed by atoms with Crippen LogP contribution in [0.3, 0.4) is 0 Å². The van der Waals surface area contributed by atoms with Crippen LogP contribution in [-0.2, 0) is 32.7 Å². The highest BCUT2D eigenvalue weighted by molar-refractivity contribution is 7.47. The summed E-state index contributed by atoms with van der Waals surface area (Å²) in [5, 5.41) is 48.8. The third-order valence-corrected chi connectivity index (χ3v) is 10.5. The molecule has 13 nitrogen and oxygen atoms in total. The second-order valence-electron chi connectivity index (χ2n) is 15.8. The summed E-state index contributed by atoms with van der Waals surface area (Å²) in [6.45, 7) is 4.20. The van der Waals surface area contributed by atoms with Crippen molar-refractivity contribution >= 4 is 19.8 Å². The second kappa shape index (κ2) is 38.7. The number of ether oxygens (including phenoxy) is 2. The zero-order valence-corrected chi connectivity index (χ0v) is 37.4. The number of phosphoric acid groups is 1. The molecule has 6 N–H and O–H groups in total. The first-order valence-electron chi connectivity index (χ1n) is 22.3. The standard InChI is InChI=1S/C45H81O13P/c1-4-5-21-28-39(47)29-23-18-15-16-19-24-30-42(49)43(50)31-26-33-44(51)55-36-41(37-57-59(53,54)56-35-40(48)34-46)58-45(52)32-25-20-14-12-10-8-6-7-9-11-13-17-22-27-38(2)3/h15-16,18-19,23-24,29-30,38-43,46-50H,4-14,17,20-22,25-28,31-37H2,1-3H3,(H,53,54)/b18-15-,19-16+,29-23+,30-24+/t39-,40+,41-,42-,43-/m1/s1. The van der Waals surface area contributed by atoms with Gasteiger partial charge < -0.3 is 39.9 Å². The molecule has 1 unspecified atom stereocenters. The average molecular weight is 861 g/mol. The molecule has 344 valence electrons. The van der Waals surface area contributed by atoms with Crippen LogP contribution in [0.5, 0.6) is 0 Å². The number of aliphatic hydroxyl groups excluding tert-OH is 5. The van der Waals surface area contributed by atoms with Gasteiger partial charge in [-0.15, -0.1) is 0 Å². The van der Waals surface area contributed by atoms with Gasteiger partial charge in [-0.2, -0.15) is 0 Å². The highest BCUT2D eigenvalue weighted by Crippen LogP contribution is 2.43. The number of aliphatic hydroxyl groups is 5. The van der Waals surface area contributed by atoms with E-state index in [1.54, 1.807) is 42.5 Å². The topological polar surface area (TPSA) is 210 Å². The number of esters is 2. The van der Waals surface area contributed by atoms with E-state index >= 15 is 0 Å². The van der Waals surface area contributed by atoms with E-state index in [1.807, 2.05) is 0 Å². The van der Waals surface area contributed by atoms with Gasteiger partial charge >= 0.3 is 19.8 Å². The molecule has 0 heterocycles. The lowest BCUT2D eigenvalue weighted by Crippen LogP contribution is -2.30. The maximum absolute atomic E-state index is 12.6. The monoisotopic (exact) mass is 861 g/mol.